The van der Waals surface area contributed by atoms with E-state index < -0.39 is 6.10 Å². The van der Waals surface area contributed by atoms with Gasteiger partial charge in [0.25, 0.3) is 5.91 Å². The molecule has 82 valence electrons. The predicted molar refractivity (Wildman–Crippen MR) is 58.1 cm³/mol. The Labute approximate surface area is 89.1 Å². The van der Waals surface area contributed by atoms with E-state index >= 15 is 0 Å². The zero-order valence-electron chi connectivity index (χ0n) is 8.52. The van der Waals surface area contributed by atoms with Crippen LogP contribution in [0.3, 0.4) is 0 Å². The van der Waals surface area contributed by atoms with Crippen LogP contribution in [0.25, 0.3) is 0 Å². The predicted octanol–water partition coefficient (Wildman–Crippen LogP) is 0.185. The van der Waals surface area contributed by atoms with E-state index in [-0.39, 0.29) is 5.91 Å². The summed E-state index contributed by atoms with van der Waals surface area (Å²) in [4.78, 5) is 11.4. The van der Waals surface area contributed by atoms with E-state index in [1.54, 1.807) is 24.3 Å². The maximum Gasteiger partial charge on any atom is 0.253 e. The van der Waals surface area contributed by atoms with E-state index in [1.807, 2.05) is 6.07 Å². The Morgan fingerprint density at radius 2 is 2.07 bits per heavy atom. The molecule has 4 heteroatoms. The minimum Gasteiger partial charge on any atom is -0.378 e. The molecule has 0 aliphatic carbocycles. The zero-order valence-corrected chi connectivity index (χ0v) is 8.52. The number of aliphatic hydroxyl groups excluding tert-OH is 1. The molecule has 0 radical (unpaired) electrons. The fourth-order valence-electron chi connectivity index (χ4n) is 1.20. The molecule has 0 aromatic heterocycles. The summed E-state index contributed by atoms with van der Waals surface area (Å²) in [6, 6.07) is 8.83. The Balaban J connectivity index is 2.46. The van der Waals surface area contributed by atoms with Crippen LogP contribution in [0.2, 0.25) is 0 Å². The van der Waals surface area contributed by atoms with E-state index in [9.17, 15) is 9.90 Å². The van der Waals surface area contributed by atoms with Crippen LogP contribution in [-0.2, 0) is 4.79 Å². The molecule has 0 spiro atoms. The number of nitrogens with two attached hydrogens (primary N) is 1. The highest BCUT2D eigenvalue weighted by Gasteiger charge is 2.15. The van der Waals surface area contributed by atoms with Crippen molar-refractivity contribution in [3.8, 4) is 0 Å². The number of benzene rings is 1. The molecule has 1 aromatic carbocycles. The van der Waals surface area contributed by atoms with Crippen LogP contribution >= 0.6 is 0 Å². The van der Waals surface area contributed by atoms with Crippen molar-refractivity contribution in [2.45, 2.75) is 12.5 Å². The third kappa shape index (κ3) is 3.69. The third-order valence-corrected chi connectivity index (χ3v) is 2.04. The number of carbonyl (C=O) groups is 1. The molecular weight excluding hydrogens is 192 g/mol. The van der Waals surface area contributed by atoms with E-state index in [2.05, 4.69) is 5.32 Å². The highest BCUT2D eigenvalue weighted by molar-refractivity contribution is 5.81. The standard InChI is InChI=1S/C11H16N2O2/c12-7-4-8-13-11(15)10(14)9-5-2-1-3-6-9/h1-3,5-6,10,14H,4,7-8,12H2,(H,13,15). The van der Waals surface area contributed by atoms with Crippen LogP contribution in [-0.4, -0.2) is 24.1 Å². The lowest BCUT2D eigenvalue weighted by atomic mass is 10.1. The highest BCUT2D eigenvalue weighted by Crippen LogP contribution is 2.11. The van der Waals surface area contributed by atoms with Crippen LogP contribution in [0.15, 0.2) is 30.3 Å². The SMILES string of the molecule is NCCCNC(=O)C(O)c1ccccc1. The maximum absolute atomic E-state index is 11.4. The van der Waals surface area contributed by atoms with Crippen molar-refractivity contribution in [1.29, 1.82) is 0 Å². The first-order valence-electron chi connectivity index (χ1n) is 4.96. The van der Waals surface area contributed by atoms with E-state index in [1.165, 1.54) is 0 Å². The number of hydrogen-bond donors (Lipinski definition) is 3. The second-order valence-corrected chi connectivity index (χ2v) is 3.25. The van der Waals surface area contributed by atoms with Crippen molar-refractivity contribution in [2.24, 2.45) is 5.73 Å². The van der Waals surface area contributed by atoms with Gasteiger partial charge in [-0.25, -0.2) is 0 Å². The molecule has 15 heavy (non-hydrogen) atoms. The number of aliphatic hydroxyl groups is 1. The highest BCUT2D eigenvalue weighted by atomic mass is 16.3. The summed E-state index contributed by atoms with van der Waals surface area (Å²) in [6.45, 7) is 1.03. The average Bonchev–Trinajstić information content (AvgIpc) is 2.29. The summed E-state index contributed by atoms with van der Waals surface area (Å²) in [7, 11) is 0. The molecule has 0 aliphatic heterocycles. The van der Waals surface area contributed by atoms with Gasteiger partial charge in [-0.2, -0.15) is 0 Å². The lowest BCUT2D eigenvalue weighted by molar-refractivity contribution is -0.129. The summed E-state index contributed by atoms with van der Waals surface area (Å²) in [6.07, 6.45) is -0.378. The minimum atomic E-state index is -1.09. The summed E-state index contributed by atoms with van der Waals surface area (Å²) in [5.74, 6) is -0.380. The van der Waals surface area contributed by atoms with E-state index in [0.717, 1.165) is 0 Å². The van der Waals surface area contributed by atoms with Crippen LogP contribution < -0.4 is 11.1 Å². The Bertz CT molecular complexity index is 301. The normalized spacial score (nSPS) is 12.1. The van der Waals surface area contributed by atoms with Crippen molar-refractivity contribution in [3.63, 3.8) is 0 Å². The summed E-state index contributed by atoms with van der Waals surface area (Å²) in [5.41, 5.74) is 5.89. The van der Waals surface area contributed by atoms with Crippen molar-refractivity contribution in [2.75, 3.05) is 13.1 Å². The molecule has 4 N–H and O–H groups in total. The third-order valence-electron chi connectivity index (χ3n) is 2.04. The van der Waals surface area contributed by atoms with Crippen molar-refractivity contribution >= 4 is 5.91 Å². The fraction of sp³-hybridized carbons (Fsp3) is 0.364. The van der Waals surface area contributed by atoms with Gasteiger partial charge in [0.2, 0.25) is 0 Å². The van der Waals surface area contributed by atoms with Crippen molar-refractivity contribution < 1.29 is 9.90 Å². The van der Waals surface area contributed by atoms with Gasteiger partial charge in [0.15, 0.2) is 6.10 Å². The number of hydrogen-bond acceptors (Lipinski definition) is 3. The molecule has 0 saturated heterocycles. The van der Waals surface area contributed by atoms with Crippen LogP contribution in [0, 0.1) is 0 Å². The molecule has 0 bridgehead atoms. The smallest absolute Gasteiger partial charge is 0.253 e. The number of nitrogens with one attached hydrogen (secondary N) is 1. The maximum atomic E-state index is 11.4. The lowest BCUT2D eigenvalue weighted by Gasteiger charge is -2.10. The molecule has 0 heterocycles. The minimum absolute atomic E-state index is 0.380. The first kappa shape index (κ1) is 11.7. The molecule has 1 amide bonds. The topological polar surface area (TPSA) is 75.3 Å². The second kappa shape index (κ2) is 6.16. The lowest BCUT2D eigenvalue weighted by Crippen LogP contribution is -2.30. The van der Waals surface area contributed by atoms with E-state index in [4.69, 9.17) is 5.73 Å². The number of amides is 1. The molecule has 0 fully saturated rings. The Hall–Kier alpha value is -1.39. The fourth-order valence-corrected chi connectivity index (χ4v) is 1.20. The van der Waals surface area contributed by atoms with Gasteiger partial charge in [-0.1, -0.05) is 30.3 Å². The van der Waals surface area contributed by atoms with Gasteiger partial charge in [0.1, 0.15) is 0 Å². The van der Waals surface area contributed by atoms with Crippen LogP contribution in [0.1, 0.15) is 18.1 Å². The Morgan fingerprint density at radius 1 is 1.40 bits per heavy atom. The number of rotatable bonds is 5. The monoisotopic (exact) mass is 208 g/mol. The average molecular weight is 208 g/mol. The van der Waals surface area contributed by atoms with Crippen molar-refractivity contribution in [1.82, 2.24) is 5.32 Å². The Kier molecular flexibility index (Phi) is 4.80. The molecule has 1 aromatic rings. The molecular formula is C11H16N2O2. The Morgan fingerprint density at radius 3 is 2.67 bits per heavy atom. The van der Waals surface area contributed by atoms with Gasteiger partial charge in [-0.3, -0.25) is 4.79 Å². The van der Waals surface area contributed by atoms with Gasteiger partial charge in [0, 0.05) is 6.54 Å². The second-order valence-electron chi connectivity index (χ2n) is 3.25. The zero-order chi connectivity index (χ0) is 11.1. The molecule has 0 saturated carbocycles. The first-order valence-corrected chi connectivity index (χ1v) is 4.96. The van der Waals surface area contributed by atoms with E-state index in [0.29, 0.717) is 25.1 Å². The molecule has 0 aliphatic rings. The molecule has 1 rings (SSSR count). The van der Waals surface area contributed by atoms with Crippen LogP contribution in [0.4, 0.5) is 0 Å². The summed E-state index contributed by atoms with van der Waals surface area (Å²) in [5, 5.41) is 12.3. The molecule has 1 atom stereocenters. The summed E-state index contributed by atoms with van der Waals surface area (Å²) < 4.78 is 0. The molecule has 1 unspecified atom stereocenters. The van der Waals surface area contributed by atoms with Gasteiger partial charge < -0.3 is 16.2 Å². The van der Waals surface area contributed by atoms with Crippen molar-refractivity contribution in [3.05, 3.63) is 35.9 Å². The number of carbonyl (C=O) groups excluding carboxylic acids is 1. The summed E-state index contributed by atoms with van der Waals surface area (Å²) >= 11 is 0. The van der Waals surface area contributed by atoms with Gasteiger partial charge in [0.05, 0.1) is 0 Å². The quantitative estimate of drug-likeness (QED) is 0.604. The van der Waals surface area contributed by atoms with Crippen LogP contribution in [0.5, 0.6) is 0 Å². The first-order chi connectivity index (χ1) is 7.25. The van der Waals surface area contributed by atoms with Gasteiger partial charge >= 0.3 is 0 Å². The molecule has 4 nitrogen and oxygen atoms in total. The van der Waals surface area contributed by atoms with Gasteiger partial charge in [-0.05, 0) is 18.5 Å². The largest absolute Gasteiger partial charge is 0.378 e. The van der Waals surface area contributed by atoms with Gasteiger partial charge in [-0.15, -0.1) is 0 Å².